The smallest absolute Gasteiger partial charge is 0.255 e. The van der Waals surface area contributed by atoms with Gasteiger partial charge in [-0.05, 0) is 50.0 Å². The number of ether oxygens (including phenoxy) is 1. The predicted octanol–water partition coefficient (Wildman–Crippen LogP) is 3.09. The van der Waals surface area contributed by atoms with Gasteiger partial charge in [0.05, 0.1) is 18.7 Å². The lowest BCUT2D eigenvalue weighted by atomic mass is 10.1. The van der Waals surface area contributed by atoms with E-state index in [2.05, 4.69) is 5.32 Å². The first-order valence-corrected chi connectivity index (χ1v) is 7.87. The van der Waals surface area contributed by atoms with Gasteiger partial charge in [-0.3, -0.25) is 4.79 Å². The third kappa shape index (κ3) is 4.40. The number of carbonyl (C=O) groups excluding carboxylic acids is 1. The summed E-state index contributed by atoms with van der Waals surface area (Å²) in [4.78, 5) is 14.3. The molecule has 24 heavy (non-hydrogen) atoms. The number of halogens is 1. The van der Waals surface area contributed by atoms with E-state index in [1.807, 2.05) is 43.3 Å². The molecule has 6 heteroatoms. The minimum atomic E-state index is -0.365. The molecule has 0 spiro atoms. The van der Waals surface area contributed by atoms with Crippen molar-refractivity contribution in [1.82, 2.24) is 10.2 Å². The maximum Gasteiger partial charge on any atom is 0.255 e. The van der Waals surface area contributed by atoms with E-state index in [1.54, 1.807) is 7.11 Å². The van der Waals surface area contributed by atoms with Crippen LogP contribution in [0.25, 0.3) is 0 Å². The Bertz CT molecular complexity index is 702. The highest BCUT2D eigenvalue weighted by atomic mass is 35.5. The zero-order chi connectivity index (χ0) is 17.7. The summed E-state index contributed by atoms with van der Waals surface area (Å²) in [5, 5.41) is 13.1. The maximum atomic E-state index is 12.3. The van der Waals surface area contributed by atoms with Crippen molar-refractivity contribution in [3.8, 4) is 11.5 Å². The number of rotatable bonds is 6. The van der Waals surface area contributed by atoms with Crippen LogP contribution in [-0.4, -0.2) is 43.7 Å². The number of hydrogen-bond donors (Lipinski definition) is 2. The fraction of sp³-hybridized carbons (Fsp3) is 0.278. The molecule has 1 unspecified atom stereocenters. The molecule has 0 aromatic heterocycles. The van der Waals surface area contributed by atoms with E-state index in [1.165, 1.54) is 18.2 Å². The van der Waals surface area contributed by atoms with Crippen LogP contribution in [0.4, 0.5) is 0 Å². The Morgan fingerprint density at radius 3 is 2.50 bits per heavy atom. The lowest BCUT2D eigenvalue weighted by molar-refractivity contribution is 0.0939. The molecule has 1 atom stereocenters. The number of aromatic hydroxyl groups is 1. The Morgan fingerprint density at radius 2 is 1.92 bits per heavy atom. The van der Waals surface area contributed by atoms with Crippen LogP contribution in [0.15, 0.2) is 42.5 Å². The van der Waals surface area contributed by atoms with Gasteiger partial charge in [0.25, 0.3) is 5.91 Å². The molecule has 5 nitrogen and oxygen atoms in total. The number of hydrogen-bond acceptors (Lipinski definition) is 4. The molecule has 0 fully saturated rings. The van der Waals surface area contributed by atoms with Crippen molar-refractivity contribution in [2.75, 3.05) is 27.7 Å². The molecular formula is C18H21ClN2O3. The topological polar surface area (TPSA) is 61.8 Å². The quantitative estimate of drug-likeness (QED) is 0.842. The van der Waals surface area contributed by atoms with Crippen molar-refractivity contribution >= 4 is 17.5 Å². The maximum absolute atomic E-state index is 12.3. The molecule has 0 saturated heterocycles. The highest BCUT2D eigenvalue weighted by molar-refractivity contribution is 6.31. The number of phenols is 1. The van der Waals surface area contributed by atoms with Crippen LogP contribution in [0.2, 0.25) is 5.02 Å². The Hall–Kier alpha value is -2.24. The van der Waals surface area contributed by atoms with Crippen LogP contribution < -0.4 is 10.1 Å². The molecule has 2 aromatic rings. The van der Waals surface area contributed by atoms with E-state index in [-0.39, 0.29) is 23.3 Å². The lowest BCUT2D eigenvalue weighted by Gasteiger charge is -2.25. The lowest BCUT2D eigenvalue weighted by Crippen LogP contribution is -2.34. The first-order chi connectivity index (χ1) is 11.4. The van der Waals surface area contributed by atoms with Crippen molar-refractivity contribution in [2.24, 2.45) is 0 Å². The number of likely N-dealkylation sites (N-methyl/N-ethyl adjacent to an activating group) is 1. The number of phenolic OH excluding ortho intramolecular Hbond substituents is 1. The SMILES string of the molecule is COc1ccc(C(CNC(=O)c2cc(Cl)ccc2O)N(C)C)cc1. The average Bonchev–Trinajstić information content (AvgIpc) is 2.57. The molecule has 0 saturated carbocycles. The van der Waals surface area contributed by atoms with Gasteiger partial charge in [-0.1, -0.05) is 23.7 Å². The van der Waals surface area contributed by atoms with Crippen molar-refractivity contribution < 1.29 is 14.6 Å². The van der Waals surface area contributed by atoms with E-state index in [0.717, 1.165) is 11.3 Å². The summed E-state index contributed by atoms with van der Waals surface area (Å²) < 4.78 is 5.17. The van der Waals surface area contributed by atoms with Gasteiger partial charge in [0.15, 0.2) is 0 Å². The highest BCUT2D eigenvalue weighted by Crippen LogP contribution is 2.23. The van der Waals surface area contributed by atoms with Crippen molar-refractivity contribution in [3.05, 3.63) is 58.6 Å². The van der Waals surface area contributed by atoms with Gasteiger partial charge in [0.1, 0.15) is 11.5 Å². The van der Waals surface area contributed by atoms with E-state index < -0.39 is 0 Å². The molecule has 2 aromatic carbocycles. The van der Waals surface area contributed by atoms with Gasteiger partial charge in [0.2, 0.25) is 0 Å². The fourth-order valence-electron chi connectivity index (χ4n) is 2.40. The zero-order valence-electron chi connectivity index (χ0n) is 13.9. The second-order valence-electron chi connectivity index (χ2n) is 5.62. The first-order valence-electron chi connectivity index (χ1n) is 7.49. The molecular weight excluding hydrogens is 328 g/mol. The number of nitrogens with one attached hydrogen (secondary N) is 1. The summed E-state index contributed by atoms with van der Waals surface area (Å²) in [7, 11) is 5.51. The largest absolute Gasteiger partial charge is 0.507 e. The summed E-state index contributed by atoms with van der Waals surface area (Å²) in [6.45, 7) is 0.393. The van der Waals surface area contributed by atoms with Crippen LogP contribution in [-0.2, 0) is 0 Å². The second kappa shape index (κ2) is 8.04. The summed E-state index contributed by atoms with van der Waals surface area (Å²) in [5.41, 5.74) is 1.21. The van der Waals surface area contributed by atoms with Crippen molar-refractivity contribution in [2.45, 2.75) is 6.04 Å². The molecule has 0 heterocycles. The molecule has 0 aliphatic carbocycles. The average molecular weight is 349 g/mol. The third-order valence-corrected chi connectivity index (χ3v) is 4.02. The number of amides is 1. The summed E-state index contributed by atoms with van der Waals surface area (Å²) in [5.74, 6) is 0.322. The number of methoxy groups -OCH3 is 1. The van der Waals surface area contributed by atoms with Gasteiger partial charge in [0, 0.05) is 11.6 Å². The van der Waals surface area contributed by atoms with Crippen LogP contribution in [0, 0.1) is 0 Å². The summed E-state index contributed by atoms with van der Waals surface area (Å²) >= 11 is 5.89. The summed E-state index contributed by atoms with van der Waals surface area (Å²) in [6.07, 6.45) is 0. The molecule has 0 aliphatic heterocycles. The third-order valence-electron chi connectivity index (χ3n) is 3.78. The Balaban J connectivity index is 2.10. The highest BCUT2D eigenvalue weighted by Gasteiger charge is 2.17. The van der Waals surface area contributed by atoms with Gasteiger partial charge >= 0.3 is 0 Å². The predicted molar refractivity (Wildman–Crippen MR) is 94.9 cm³/mol. The molecule has 0 radical (unpaired) electrons. The normalized spacial score (nSPS) is 12.0. The van der Waals surface area contributed by atoms with Crippen molar-refractivity contribution in [1.29, 1.82) is 0 Å². The number of carbonyl (C=O) groups is 1. The van der Waals surface area contributed by atoms with E-state index >= 15 is 0 Å². The molecule has 0 bridgehead atoms. The molecule has 1 amide bonds. The minimum Gasteiger partial charge on any atom is -0.507 e. The van der Waals surface area contributed by atoms with Crippen LogP contribution in [0.3, 0.4) is 0 Å². The van der Waals surface area contributed by atoms with E-state index in [4.69, 9.17) is 16.3 Å². The molecule has 0 aliphatic rings. The summed E-state index contributed by atoms with van der Waals surface area (Å²) in [6, 6.07) is 12.1. The Labute approximate surface area is 146 Å². The van der Waals surface area contributed by atoms with Gasteiger partial charge in [-0.15, -0.1) is 0 Å². The van der Waals surface area contributed by atoms with Crippen LogP contribution in [0.1, 0.15) is 22.0 Å². The van der Waals surface area contributed by atoms with E-state index in [0.29, 0.717) is 11.6 Å². The Morgan fingerprint density at radius 1 is 1.25 bits per heavy atom. The number of benzene rings is 2. The first kappa shape index (κ1) is 18.1. The van der Waals surface area contributed by atoms with Gasteiger partial charge in [-0.25, -0.2) is 0 Å². The fourth-order valence-corrected chi connectivity index (χ4v) is 2.57. The van der Waals surface area contributed by atoms with Crippen LogP contribution in [0.5, 0.6) is 11.5 Å². The second-order valence-corrected chi connectivity index (χ2v) is 6.06. The monoisotopic (exact) mass is 348 g/mol. The van der Waals surface area contributed by atoms with Gasteiger partial charge < -0.3 is 20.1 Å². The number of nitrogens with zero attached hydrogens (tertiary/aromatic N) is 1. The van der Waals surface area contributed by atoms with E-state index in [9.17, 15) is 9.90 Å². The molecule has 2 rings (SSSR count). The molecule has 2 N–H and O–H groups in total. The van der Waals surface area contributed by atoms with Crippen molar-refractivity contribution in [3.63, 3.8) is 0 Å². The standard InChI is InChI=1S/C18H21ClN2O3/c1-21(2)16(12-4-7-14(24-3)8-5-12)11-20-18(23)15-10-13(19)6-9-17(15)22/h4-10,16,22H,11H2,1-3H3,(H,20,23). The van der Waals surface area contributed by atoms with Gasteiger partial charge in [-0.2, -0.15) is 0 Å². The molecule has 128 valence electrons. The zero-order valence-corrected chi connectivity index (χ0v) is 14.7. The Kier molecular flexibility index (Phi) is 6.06. The van der Waals surface area contributed by atoms with Crippen LogP contribution >= 0.6 is 11.6 Å². The minimum absolute atomic E-state index is 0.0128.